The number of aryl methyl sites for hydroxylation is 1. The van der Waals surface area contributed by atoms with Gasteiger partial charge in [-0.1, -0.05) is 43.1 Å². The highest BCUT2D eigenvalue weighted by atomic mass is 35.5. The van der Waals surface area contributed by atoms with Crippen LogP contribution in [0.5, 0.6) is 0 Å². The standard InChI is InChI=1S/C16H20Cl2N2O/c1-10-4-5-11(20-9-10)6-7-19-15(21)14-12(8-13(17)18)16(14,2)3/h4-5,8-9,12,14H,6-7H2,1-3H3,(H,19,21). The summed E-state index contributed by atoms with van der Waals surface area (Å²) >= 11 is 11.4. The Bertz CT molecular complexity index is 548. The van der Waals surface area contributed by atoms with Crippen molar-refractivity contribution in [2.24, 2.45) is 17.3 Å². The molecule has 1 N–H and O–H groups in total. The van der Waals surface area contributed by atoms with Crippen molar-refractivity contribution in [3.63, 3.8) is 0 Å². The number of hydrogen-bond donors (Lipinski definition) is 1. The maximum atomic E-state index is 12.2. The molecule has 5 heteroatoms. The number of hydrogen-bond acceptors (Lipinski definition) is 2. The number of pyridine rings is 1. The molecule has 1 aromatic heterocycles. The molecule has 1 fully saturated rings. The molecule has 3 nitrogen and oxygen atoms in total. The van der Waals surface area contributed by atoms with E-state index in [0.29, 0.717) is 6.54 Å². The average Bonchev–Trinajstić information content (AvgIpc) is 2.92. The minimum Gasteiger partial charge on any atom is -0.355 e. The van der Waals surface area contributed by atoms with E-state index in [1.807, 2.05) is 25.3 Å². The molecule has 2 rings (SSSR count). The first-order valence-electron chi connectivity index (χ1n) is 7.04. The topological polar surface area (TPSA) is 42.0 Å². The molecule has 0 spiro atoms. The Hall–Kier alpha value is -1.06. The van der Waals surface area contributed by atoms with Crippen LogP contribution in [-0.2, 0) is 11.2 Å². The van der Waals surface area contributed by atoms with Crippen molar-refractivity contribution in [2.75, 3.05) is 6.54 Å². The molecule has 1 amide bonds. The predicted molar refractivity (Wildman–Crippen MR) is 86.2 cm³/mol. The predicted octanol–water partition coefficient (Wildman–Crippen LogP) is 3.64. The van der Waals surface area contributed by atoms with Crippen LogP contribution in [0.4, 0.5) is 0 Å². The van der Waals surface area contributed by atoms with E-state index in [1.165, 1.54) is 0 Å². The van der Waals surface area contributed by atoms with Crippen molar-refractivity contribution in [3.8, 4) is 0 Å². The summed E-state index contributed by atoms with van der Waals surface area (Å²) in [6.07, 6.45) is 4.33. The minimum atomic E-state index is -0.0821. The molecule has 0 saturated heterocycles. The second-order valence-corrected chi connectivity index (χ2v) is 7.16. The molecule has 21 heavy (non-hydrogen) atoms. The lowest BCUT2D eigenvalue weighted by molar-refractivity contribution is -0.123. The van der Waals surface area contributed by atoms with E-state index in [4.69, 9.17) is 23.2 Å². The highest BCUT2D eigenvalue weighted by Gasteiger charge is 2.60. The van der Waals surface area contributed by atoms with Crippen LogP contribution in [0.25, 0.3) is 0 Å². The number of aromatic nitrogens is 1. The lowest BCUT2D eigenvalue weighted by atomic mass is 10.1. The van der Waals surface area contributed by atoms with E-state index in [2.05, 4.69) is 24.1 Å². The third-order valence-corrected chi connectivity index (χ3v) is 4.40. The monoisotopic (exact) mass is 326 g/mol. The van der Waals surface area contributed by atoms with Gasteiger partial charge in [0, 0.05) is 24.9 Å². The fourth-order valence-corrected chi connectivity index (χ4v) is 2.97. The summed E-state index contributed by atoms with van der Waals surface area (Å²) in [7, 11) is 0. The zero-order valence-electron chi connectivity index (χ0n) is 12.5. The molecule has 0 aromatic carbocycles. The SMILES string of the molecule is Cc1ccc(CCNC(=O)C2C(C=C(Cl)Cl)C2(C)C)nc1. The maximum Gasteiger partial charge on any atom is 0.224 e. The van der Waals surface area contributed by atoms with Crippen LogP contribution in [0, 0.1) is 24.2 Å². The summed E-state index contributed by atoms with van der Waals surface area (Å²) < 4.78 is 0.229. The molecule has 1 saturated carbocycles. The smallest absolute Gasteiger partial charge is 0.224 e. The molecule has 1 aliphatic rings. The lowest BCUT2D eigenvalue weighted by Crippen LogP contribution is -2.29. The van der Waals surface area contributed by atoms with E-state index in [-0.39, 0.29) is 27.6 Å². The minimum absolute atomic E-state index is 0.0583. The Morgan fingerprint density at radius 1 is 1.43 bits per heavy atom. The van der Waals surface area contributed by atoms with E-state index in [1.54, 1.807) is 6.08 Å². The fraction of sp³-hybridized carbons (Fsp3) is 0.500. The lowest BCUT2D eigenvalue weighted by Gasteiger charge is -2.06. The van der Waals surface area contributed by atoms with Gasteiger partial charge in [0.2, 0.25) is 5.91 Å². The number of nitrogens with zero attached hydrogens (tertiary/aromatic N) is 1. The van der Waals surface area contributed by atoms with Crippen LogP contribution in [-0.4, -0.2) is 17.4 Å². The van der Waals surface area contributed by atoms with Gasteiger partial charge in [0.05, 0.1) is 5.92 Å². The van der Waals surface area contributed by atoms with Crippen molar-refractivity contribution in [1.82, 2.24) is 10.3 Å². The molecule has 1 aliphatic carbocycles. The van der Waals surface area contributed by atoms with Crippen LogP contribution in [0.1, 0.15) is 25.1 Å². The van der Waals surface area contributed by atoms with Gasteiger partial charge in [-0.05, 0) is 36.0 Å². The summed E-state index contributed by atoms with van der Waals surface area (Å²) in [4.78, 5) is 16.5. The van der Waals surface area contributed by atoms with Gasteiger partial charge in [-0.2, -0.15) is 0 Å². The Balaban J connectivity index is 1.83. The van der Waals surface area contributed by atoms with Gasteiger partial charge in [-0.25, -0.2) is 0 Å². The fourth-order valence-electron chi connectivity index (χ4n) is 2.70. The Kier molecular flexibility index (Phi) is 4.95. The number of halogens is 2. The molecule has 2 atom stereocenters. The second-order valence-electron chi connectivity index (χ2n) is 6.15. The van der Waals surface area contributed by atoms with Gasteiger partial charge in [-0.3, -0.25) is 9.78 Å². The van der Waals surface area contributed by atoms with Crippen LogP contribution < -0.4 is 5.32 Å². The maximum absolute atomic E-state index is 12.2. The second kappa shape index (κ2) is 6.37. The van der Waals surface area contributed by atoms with Gasteiger partial charge >= 0.3 is 0 Å². The van der Waals surface area contributed by atoms with E-state index < -0.39 is 0 Å². The molecule has 1 aromatic rings. The van der Waals surface area contributed by atoms with Crippen molar-refractivity contribution in [1.29, 1.82) is 0 Å². The third-order valence-electron chi connectivity index (χ3n) is 4.15. The Morgan fingerprint density at radius 2 is 2.14 bits per heavy atom. The van der Waals surface area contributed by atoms with Gasteiger partial charge in [0.15, 0.2) is 0 Å². The third kappa shape index (κ3) is 3.98. The molecular weight excluding hydrogens is 307 g/mol. The van der Waals surface area contributed by atoms with E-state index >= 15 is 0 Å². The van der Waals surface area contributed by atoms with Crippen LogP contribution in [0.3, 0.4) is 0 Å². The van der Waals surface area contributed by atoms with Crippen LogP contribution >= 0.6 is 23.2 Å². The van der Waals surface area contributed by atoms with Gasteiger partial charge in [-0.15, -0.1) is 0 Å². The molecule has 1 heterocycles. The van der Waals surface area contributed by atoms with E-state index in [0.717, 1.165) is 17.7 Å². The number of allylic oxidation sites excluding steroid dienone is 1. The molecule has 2 unspecified atom stereocenters. The zero-order chi connectivity index (χ0) is 15.6. The summed E-state index contributed by atoms with van der Waals surface area (Å²) in [5, 5.41) is 2.97. The highest BCUT2D eigenvalue weighted by molar-refractivity contribution is 6.55. The van der Waals surface area contributed by atoms with E-state index in [9.17, 15) is 4.79 Å². The normalized spacial score (nSPS) is 22.5. The summed E-state index contributed by atoms with van der Waals surface area (Å²) in [5.41, 5.74) is 2.03. The molecule has 0 bridgehead atoms. The summed E-state index contributed by atoms with van der Waals surface area (Å²) in [6, 6.07) is 4.01. The zero-order valence-corrected chi connectivity index (χ0v) is 14.0. The first-order chi connectivity index (χ1) is 9.82. The number of carbonyl (C=O) groups is 1. The van der Waals surface area contributed by atoms with Crippen molar-refractivity contribution >= 4 is 29.1 Å². The number of amides is 1. The molecule has 0 radical (unpaired) electrons. The Labute approximate surface area is 135 Å². The number of nitrogens with one attached hydrogen (secondary N) is 1. The molecule has 114 valence electrons. The van der Waals surface area contributed by atoms with Gasteiger partial charge in [0.25, 0.3) is 0 Å². The quantitative estimate of drug-likeness (QED) is 0.897. The largest absolute Gasteiger partial charge is 0.355 e. The van der Waals surface area contributed by atoms with Gasteiger partial charge < -0.3 is 5.32 Å². The van der Waals surface area contributed by atoms with Crippen LogP contribution in [0.15, 0.2) is 28.9 Å². The highest BCUT2D eigenvalue weighted by Crippen LogP contribution is 2.59. The first-order valence-corrected chi connectivity index (χ1v) is 7.80. The van der Waals surface area contributed by atoms with Crippen molar-refractivity contribution in [2.45, 2.75) is 27.2 Å². The van der Waals surface area contributed by atoms with Crippen LogP contribution in [0.2, 0.25) is 0 Å². The molecular formula is C16H20Cl2N2O. The summed E-state index contributed by atoms with van der Waals surface area (Å²) in [6.45, 7) is 6.70. The number of carbonyl (C=O) groups excluding carboxylic acids is 1. The van der Waals surface area contributed by atoms with Crippen molar-refractivity contribution < 1.29 is 4.79 Å². The van der Waals surface area contributed by atoms with Crippen molar-refractivity contribution in [3.05, 3.63) is 40.2 Å². The Morgan fingerprint density at radius 3 is 2.71 bits per heavy atom. The summed E-state index contributed by atoms with van der Waals surface area (Å²) in [5.74, 6) is 0.110. The van der Waals surface area contributed by atoms with Gasteiger partial charge in [0.1, 0.15) is 4.49 Å². The first kappa shape index (κ1) is 16.3. The molecule has 0 aliphatic heterocycles. The number of rotatable bonds is 5. The average molecular weight is 327 g/mol.